The molecule has 1 N–H and O–H groups in total. The Labute approximate surface area is 174 Å². The number of nitrogens with zero attached hydrogens (tertiary/aromatic N) is 1. The fraction of sp³-hybridized carbons (Fsp3) is 0.316. The highest BCUT2D eigenvalue weighted by atomic mass is 35.5. The van der Waals surface area contributed by atoms with E-state index in [2.05, 4.69) is 5.32 Å². The SMILES string of the molecule is S=C(Nc1ccc(Cl)cc1)N(Cc1c(Cl)cccc1Cl)CC1CCCO1. The van der Waals surface area contributed by atoms with E-state index in [1.807, 2.05) is 47.4 Å². The monoisotopic (exact) mass is 428 g/mol. The average Bonchev–Trinajstić information content (AvgIpc) is 3.12. The standard InChI is InChI=1S/C19H19Cl3N2OS/c20-13-6-8-14(9-7-13)23-19(26)24(11-15-3-2-10-25-15)12-16-17(21)4-1-5-18(16)22/h1,4-9,15H,2-3,10-12H2,(H,23,26). The zero-order valence-corrected chi connectivity index (χ0v) is 17.1. The lowest BCUT2D eigenvalue weighted by Crippen LogP contribution is -2.39. The molecule has 0 radical (unpaired) electrons. The molecule has 0 aromatic heterocycles. The number of anilines is 1. The van der Waals surface area contributed by atoms with Gasteiger partial charge >= 0.3 is 0 Å². The summed E-state index contributed by atoms with van der Waals surface area (Å²) in [5.74, 6) is 0. The molecule has 2 aromatic rings. The third-order valence-corrected chi connectivity index (χ3v) is 5.56. The van der Waals surface area contributed by atoms with E-state index in [4.69, 9.17) is 51.8 Å². The van der Waals surface area contributed by atoms with E-state index < -0.39 is 0 Å². The van der Waals surface area contributed by atoms with Gasteiger partial charge in [-0.05, 0) is 61.5 Å². The summed E-state index contributed by atoms with van der Waals surface area (Å²) in [6.07, 6.45) is 2.25. The van der Waals surface area contributed by atoms with E-state index >= 15 is 0 Å². The van der Waals surface area contributed by atoms with Crippen LogP contribution in [-0.2, 0) is 11.3 Å². The summed E-state index contributed by atoms with van der Waals surface area (Å²) in [6.45, 7) is 1.99. The van der Waals surface area contributed by atoms with Gasteiger partial charge in [-0.25, -0.2) is 0 Å². The van der Waals surface area contributed by atoms with Crippen LogP contribution >= 0.6 is 47.0 Å². The third-order valence-electron chi connectivity index (χ3n) is 4.24. The van der Waals surface area contributed by atoms with Crippen LogP contribution in [-0.4, -0.2) is 29.3 Å². The minimum Gasteiger partial charge on any atom is -0.376 e. The summed E-state index contributed by atoms with van der Waals surface area (Å²) in [7, 11) is 0. The fourth-order valence-corrected chi connectivity index (χ4v) is 3.76. The van der Waals surface area contributed by atoms with E-state index in [-0.39, 0.29) is 6.10 Å². The largest absolute Gasteiger partial charge is 0.376 e. The number of benzene rings is 2. The first-order valence-corrected chi connectivity index (χ1v) is 9.93. The smallest absolute Gasteiger partial charge is 0.173 e. The summed E-state index contributed by atoms with van der Waals surface area (Å²) in [4.78, 5) is 2.05. The Balaban J connectivity index is 1.77. The lowest BCUT2D eigenvalue weighted by atomic mass is 10.2. The lowest BCUT2D eigenvalue weighted by Gasteiger charge is -2.29. The quantitative estimate of drug-likeness (QED) is 0.587. The van der Waals surface area contributed by atoms with Crippen LogP contribution in [0.5, 0.6) is 0 Å². The average molecular weight is 430 g/mol. The maximum atomic E-state index is 6.35. The normalized spacial score (nSPS) is 16.5. The molecule has 1 unspecified atom stereocenters. The Morgan fingerprint density at radius 2 is 1.81 bits per heavy atom. The summed E-state index contributed by atoms with van der Waals surface area (Å²) in [5.41, 5.74) is 1.73. The zero-order chi connectivity index (χ0) is 18.5. The Bertz CT molecular complexity index is 744. The predicted octanol–water partition coefficient (Wildman–Crippen LogP) is 6.02. The maximum Gasteiger partial charge on any atom is 0.173 e. The number of hydrogen-bond donors (Lipinski definition) is 1. The molecular weight excluding hydrogens is 411 g/mol. The number of halogens is 3. The van der Waals surface area contributed by atoms with Crippen LogP contribution in [0, 0.1) is 0 Å². The second-order valence-electron chi connectivity index (χ2n) is 6.15. The van der Waals surface area contributed by atoms with Crippen LogP contribution in [0.3, 0.4) is 0 Å². The van der Waals surface area contributed by atoms with E-state index in [1.54, 1.807) is 0 Å². The lowest BCUT2D eigenvalue weighted by molar-refractivity contribution is 0.0905. The van der Waals surface area contributed by atoms with Crippen LogP contribution in [0.1, 0.15) is 18.4 Å². The molecule has 7 heteroatoms. The predicted molar refractivity (Wildman–Crippen MR) is 114 cm³/mol. The molecule has 1 aliphatic heterocycles. The van der Waals surface area contributed by atoms with E-state index in [0.29, 0.717) is 33.3 Å². The van der Waals surface area contributed by atoms with Crippen molar-refractivity contribution in [1.82, 2.24) is 4.90 Å². The molecule has 0 amide bonds. The summed E-state index contributed by atoms with van der Waals surface area (Å²) in [6, 6.07) is 12.9. The Morgan fingerprint density at radius 3 is 2.42 bits per heavy atom. The van der Waals surface area contributed by atoms with Gasteiger partial charge in [0.2, 0.25) is 0 Å². The van der Waals surface area contributed by atoms with Crippen molar-refractivity contribution in [3.8, 4) is 0 Å². The van der Waals surface area contributed by atoms with Crippen molar-refractivity contribution in [3.05, 3.63) is 63.1 Å². The summed E-state index contributed by atoms with van der Waals surface area (Å²) in [5, 5.41) is 5.79. The second-order valence-corrected chi connectivity index (χ2v) is 7.79. The van der Waals surface area contributed by atoms with Gasteiger partial charge < -0.3 is 15.0 Å². The molecule has 0 aliphatic carbocycles. The first-order valence-electron chi connectivity index (χ1n) is 8.39. The number of rotatable bonds is 5. The van der Waals surface area contributed by atoms with Gasteiger partial charge in [-0.3, -0.25) is 0 Å². The third kappa shape index (κ3) is 5.24. The topological polar surface area (TPSA) is 24.5 Å². The number of thiocarbonyl (C=S) groups is 1. The van der Waals surface area contributed by atoms with Crippen molar-refractivity contribution >= 4 is 57.8 Å². The maximum absolute atomic E-state index is 6.35. The minimum absolute atomic E-state index is 0.154. The second kappa shape index (κ2) is 9.25. The van der Waals surface area contributed by atoms with Crippen LogP contribution in [0.15, 0.2) is 42.5 Å². The van der Waals surface area contributed by atoms with Gasteiger partial charge in [-0.2, -0.15) is 0 Å². The summed E-state index contributed by atoms with van der Waals surface area (Å²) < 4.78 is 5.79. The van der Waals surface area contributed by atoms with Gasteiger partial charge in [0.05, 0.1) is 6.10 Å². The Morgan fingerprint density at radius 1 is 1.12 bits per heavy atom. The van der Waals surface area contributed by atoms with E-state index in [0.717, 1.165) is 30.7 Å². The molecule has 3 rings (SSSR count). The Hall–Kier alpha value is -1.04. The molecule has 26 heavy (non-hydrogen) atoms. The summed E-state index contributed by atoms with van der Waals surface area (Å²) >= 11 is 24.3. The minimum atomic E-state index is 0.154. The molecule has 3 nitrogen and oxygen atoms in total. The highest BCUT2D eigenvalue weighted by molar-refractivity contribution is 7.80. The Kier molecular flexibility index (Phi) is 7.01. The van der Waals surface area contributed by atoms with Crippen LogP contribution < -0.4 is 5.32 Å². The molecule has 0 bridgehead atoms. The van der Waals surface area contributed by atoms with Gasteiger partial charge in [-0.15, -0.1) is 0 Å². The van der Waals surface area contributed by atoms with Crippen molar-refractivity contribution in [2.75, 3.05) is 18.5 Å². The molecular formula is C19H19Cl3N2OS. The molecule has 1 aliphatic rings. The molecule has 138 valence electrons. The van der Waals surface area contributed by atoms with Crippen molar-refractivity contribution in [2.24, 2.45) is 0 Å². The zero-order valence-electron chi connectivity index (χ0n) is 14.1. The van der Waals surface area contributed by atoms with E-state index in [1.165, 1.54) is 0 Å². The van der Waals surface area contributed by atoms with Crippen LogP contribution in [0.2, 0.25) is 15.1 Å². The molecule has 1 heterocycles. The van der Waals surface area contributed by atoms with Crippen molar-refractivity contribution in [2.45, 2.75) is 25.5 Å². The van der Waals surface area contributed by atoms with Gasteiger partial charge in [0.1, 0.15) is 0 Å². The molecule has 1 fully saturated rings. The van der Waals surface area contributed by atoms with Crippen molar-refractivity contribution < 1.29 is 4.74 Å². The van der Waals surface area contributed by atoms with Gasteiger partial charge in [0.15, 0.2) is 5.11 Å². The first-order chi connectivity index (χ1) is 12.5. The molecule has 0 spiro atoms. The fourth-order valence-electron chi connectivity index (χ4n) is 2.86. The van der Waals surface area contributed by atoms with Gasteiger partial charge in [0, 0.05) is 46.0 Å². The highest BCUT2D eigenvalue weighted by Gasteiger charge is 2.22. The number of hydrogen-bond acceptors (Lipinski definition) is 2. The number of ether oxygens (including phenoxy) is 1. The molecule has 1 saturated heterocycles. The molecule has 1 atom stereocenters. The van der Waals surface area contributed by atoms with Crippen molar-refractivity contribution in [1.29, 1.82) is 0 Å². The molecule has 0 saturated carbocycles. The van der Waals surface area contributed by atoms with Crippen LogP contribution in [0.25, 0.3) is 0 Å². The van der Waals surface area contributed by atoms with Crippen LogP contribution in [0.4, 0.5) is 5.69 Å². The van der Waals surface area contributed by atoms with Crippen molar-refractivity contribution in [3.63, 3.8) is 0 Å². The first kappa shape index (κ1) is 19.7. The molecule has 2 aromatic carbocycles. The van der Waals surface area contributed by atoms with Gasteiger partial charge in [0.25, 0.3) is 0 Å². The van der Waals surface area contributed by atoms with Gasteiger partial charge in [-0.1, -0.05) is 40.9 Å². The highest BCUT2D eigenvalue weighted by Crippen LogP contribution is 2.27. The number of nitrogens with one attached hydrogen (secondary N) is 1. The van der Waals surface area contributed by atoms with E-state index in [9.17, 15) is 0 Å².